The Morgan fingerprint density at radius 1 is 1.36 bits per heavy atom. The molecule has 1 aliphatic heterocycles. The van der Waals surface area contributed by atoms with E-state index in [0.29, 0.717) is 32.0 Å². The van der Waals surface area contributed by atoms with Crippen molar-refractivity contribution in [1.82, 2.24) is 9.80 Å². The smallest absolute Gasteiger partial charge is 0.317 e. The monoisotopic (exact) mass is 350 g/mol. The summed E-state index contributed by atoms with van der Waals surface area (Å²) in [6.45, 7) is 3.91. The van der Waals surface area contributed by atoms with Gasteiger partial charge < -0.3 is 19.5 Å². The largest absolute Gasteiger partial charge is 0.484 e. The van der Waals surface area contributed by atoms with Crippen molar-refractivity contribution in [1.29, 1.82) is 0 Å². The molecular formula is C18H26N2O5. The zero-order valence-corrected chi connectivity index (χ0v) is 14.8. The molecule has 0 unspecified atom stereocenters. The third-order valence-corrected chi connectivity index (χ3v) is 4.11. The van der Waals surface area contributed by atoms with Gasteiger partial charge in [0.2, 0.25) is 0 Å². The average Bonchev–Trinajstić information content (AvgIpc) is 2.59. The second kappa shape index (κ2) is 9.39. The summed E-state index contributed by atoms with van der Waals surface area (Å²) in [6.07, 6.45) is 0.774. The molecule has 2 rings (SSSR count). The SMILES string of the molecule is CCc1ccc(OCC(=O)N2CCO[C@H](CN(C)CC(=O)O)C2)cc1. The van der Waals surface area contributed by atoms with Gasteiger partial charge in [0.1, 0.15) is 5.75 Å². The molecule has 1 aromatic carbocycles. The first-order chi connectivity index (χ1) is 12.0. The Balaban J connectivity index is 1.79. The van der Waals surface area contributed by atoms with Crippen LogP contribution in [0.4, 0.5) is 0 Å². The second-order valence-corrected chi connectivity index (χ2v) is 6.21. The molecule has 1 N–H and O–H groups in total. The van der Waals surface area contributed by atoms with E-state index in [1.165, 1.54) is 5.56 Å². The molecule has 7 heteroatoms. The van der Waals surface area contributed by atoms with E-state index in [-0.39, 0.29) is 25.2 Å². The maximum absolute atomic E-state index is 12.3. The minimum Gasteiger partial charge on any atom is -0.484 e. The van der Waals surface area contributed by atoms with Crippen LogP contribution in [-0.2, 0) is 20.7 Å². The van der Waals surface area contributed by atoms with Gasteiger partial charge in [0, 0.05) is 19.6 Å². The highest BCUT2D eigenvalue weighted by molar-refractivity contribution is 5.78. The lowest BCUT2D eigenvalue weighted by Gasteiger charge is -2.34. The Bertz CT molecular complexity index is 575. The van der Waals surface area contributed by atoms with Gasteiger partial charge in [-0.15, -0.1) is 0 Å². The van der Waals surface area contributed by atoms with Crippen LogP contribution >= 0.6 is 0 Å². The standard InChI is InChI=1S/C18H26N2O5/c1-3-14-4-6-15(7-5-14)25-13-17(21)20-8-9-24-16(11-20)10-19(2)12-18(22)23/h4-7,16H,3,8-13H2,1-2H3,(H,22,23)/t16-/m1/s1. The number of hydrogen-bond acceptors (Lipinski definition) is 5. The molecule has 1 saturated heterocycles. The molecule has 1 atom stereocenters. The minimum atomic E-state index is -0.881. The maximum Gasteiger partial charge on any atom is 0.317 e. The van der Waals surface area contributed by atoms with Crippen LogP contribution < -0.4 is 4.74 Å². The molecule has 1 fully saturated rings. The molecule has 7 nitrogen and oxygen atoms in total. The number of hydrogen-bond donors (Lipinski definition) is 1. The molecule has 138 valence electrons. The number of carboxylic acid groups (broad SMARTS) is 1. The van der Waals surface area contributed by atoms with E-state index in [1.54, 1.807) is 16.8 Å². The van der Waals surface area contributed by atoms with Crippen LogP contribution in [0.2, 0.25) is 0 Å². The number of carbonyl (C=O) groups is 2. The molecule has 0 radical (unpaired) electrons. The van der Waals surface area contributed by atoms with Gasteiger partial charge in [0.05, 0.1) is 19.3 Å². The van der Waals surface area contributed by atoms with Crippen LogP contribution in [0.5, 0.6) is 5.75 Å². The fourth-order valence-corrected chi connectivity index (χ4v) is 2.76. The molecule has 0 saturated carbocycles. The van der Waals surface area contributed by atoms with Crippen LogP contribution in [-0.4, -0.2) is 79.3 Å². The highest BCUT2D eigenvalue weighted by Crippen LogP contribution is 2.13. The lowest BCUT2D eigenvalue weighted by atomic mass is 10.2. The Labute approximate surface area is 148 Å². The number of aliphatic carboxylic acids is 1. The number of amides is 1. The number of carbonyl (C=O) groups excluding carboxylic acids is 1. The number of nitrogens with zero attached hydrogens (tertiary/aromatic N) is 2. The Kier molecular flexibility index (Phi) is 7.21. The van der Waals surface area contributed by atoms with E-state index in [4.69, 9.17) is 14.6 Å². The summed E-state index contributed by atoms with van der Waals surface area (Å²) >= 11 is 0. The van der Waals surface area contributed by atoms with Crippen LogP contribution in [0.1, 0.15) is 12.5 Å². The fourth-order valence-electron chi connectivity index (χ4n) is 2.76. The summed E-state index contributed by atoms with van der Waals surface area (Å²) in [6, 6.07) is 7.72. The number of benzene rings is 1. The number of rotatable bonds is 8. The summed E-state index contributed by atoms with van der Waals surface area (Å²) in [5.74, 6) is -0.293. The Morgan fingerprint density at radius 3 is 2.72 bits per heavy atom. The summed E-state index contributed by atoms with van der Waals surface area (Å²) in [5.41, 5.74) is 1.22. The van der Waals surface area contributed by atoms with Gasteiger partial charge in [-0.25, -0.2) is 0 Å². The first-order valence-electron chi connectivity index (χ1n) is 8.49. The van der Waals surface area contributed by atoms with Gasteiger partial charge in [0.25, 0.3) is 5.91 Å². The topological polar surface area (TPSA) is 79.3 Å². The zero-order valence-electron chi connectivity index (χ0n) is 14.8. The predicted molar refractivity (Wildman–Crippen MR) is 92.8 cm³/mol. The number of morpholine rings is 1. The third-order valence-electron chi connectivity index (χ3n) is 4.11. The first-order valence-corrected chi connectivity index (χ1v) is 8.49. The van der Waals surface area contributed by atoms with E-state index in [9.17, 15) is 9.59 Å². The van der Waals surface area contributed by atoms with Crippen molar-refractivity contribution in [3.8, 4) is 5.75 Å². The van der Waals surface area contributed by atoms with E-state index >= 15 is 0 Å². The number of aryl methyl sites for hydroxylation is 1. The normalized spacial score (nSPS) is 17.6. The van der Waals surface area contributed by atoms with E-state index in [0.717, 1.165) is 6.42 Å². The lowest BCUT2D eigenvalue weighted by Crippen LogP contribution is -2.50. The van der Waals surface area contributed by atoms with Crippen molar-refractivity contribution in [3.63, 3.8) is 0 Å². The summed E-state index contributed by atoms with van der Waals surface area (Å²) < 4.78 is 11.2. The first kappa shape index (κ1) is 19.2. The average molecular weight is 350 g/mol. The molecule has 0 aliphatic carbocycles. The fraction of sp³-hybridized carbons (Fsp3) is 0.556. The second-order valence-electron chi connectivity index (χ2n) is 6.21. The zero-order chi connectivity index (χ0) is 18.2. The summed E-state index contributed by atoms with van der Waals surface area (Å²) in [4.78, 5) is 26.4. The summed E-state index contributed by atoms with van der Waals surface area (Å²) in [7, 11) is 1.72. The van der Waals surface area contributed by atoms with Crippen LogP contribution in [0.15, 0.2) is 24.3 Å². The molecule has 0 spiro atoms. The van der Waals surface area contributed by atoms with E-state index in [1.807, 2.05) is 24.3 Å². The molecule has 1 heterocycles. The quantitative estimate of drug-likeness (QED) is 0.750. The number of ether oxygens (including phenoxy) is 2. The van der Waals surface area contributed by atoms with E-state index < -0.39 is 5.97 Å². The van der Waals surface area contributed by atoms with Crippen molar-refractivity contribution in [3.05, 3.63) is 29.8 Å². The molecule has 0 aromatic heterocycles. The van der Waals surface area contributed by atoms with Crippen molar-refractivity contribution in [2.45, 2.75) is 19.4 Å². The molecule has 1 amide bonds. The third kappa shape index (κ3) is 6.36. The highest BCUT2D eigenvalue weighted by atomic mass is 16.5. The van der Waals surface area contributed by atoms with Gasteiger partial charge in [-0.2, -0.15) is 0 Å². The maximum atomic E-state index is 12.3. The van der Waals surface area contributed by atoms with Gasteiger partial charge in [0.15, 0.2) is 6.61 Å². The lowest BCUT2D eigenvalue weighted by molar-refractivity contribution is -0.143. The van der Waals surface area contributed by atoms with Crippen molar-refractivity contribution >= 4 is 11.9 Å². The molecule has 0 bridgehead atoms. The van der Waals surface area contributed by atoms with Crippen molar-refractivity contribution in [2.75, 3.05) is 46.4 Å². The van der Waals surface area contributed by atoms with Gasteiger partial charge >= 0.3 is 5.97 Å². The van der Waals surface area contributed by atoms with Crippen LogP contribution in [0, 0.1) is 0 Å². The molecule has 1 aromatic rings. The number of likely N-dealkylation sites (N-methyl/N-ethyl adjacent to an activating group) is 1. The Hall–Kier alpha value is -2.12. The van der Waals surface area contributed by atoms with Gasteiger partial charge in [-0.3, -0.25) is 14.5 Å². The van der Waals surface area contributed by atoms with E-state index in [2.05, 4.69) is 6.92 Å². The minimum absolute atomic E-state index is 0.0108. The van der Waals surface area contributed by atoms with Gasteiger partial charge in [-0.05, 0) is 31.2 Å². The molecule has 1 aliphatic rings. The summed E-state index contributed by atoms with van der Waals surface area (Å²) in [5, 5.41) is 8.80. The van der Waals surface area contributed by atoms with Crippen molar-refractivity contribution < 1.29 is 24.2 Å². The predicted octanol–water partition coefficient (Wildman–Crippen LogP) is 0.872. The highest BCUT2D eigenvalue weighted by Gasteiger charge is 2.25. The number of carboxylic acids is 1. The Morgan fingerprint density at radius 2 is 2.08 bits per heavy atom. The van der Waals surface area contributed by atoms with Crippen LogP contribution in [0.25, 0.3) is 0 Å². The van der Waals surface area contributed by atoms with Gasteiger partial charge in [-0.1, -0.05) is 19.1 Å². The molecular weight excluding hydrogens is 324 g/mol. The van der Waals surface area contributed by atoms with Crippen molar-refractivity contribution in [2.24, 2.45) is 0 Å². The molecule has 25 heavy (non-hydrogen) atoms. The van der Waals surface area contributed by atoms with Crippen LogP contribution in [0.3, 0.4) is 0 Å².